The third kappa shape index (κ3) is 2.05. The first-order valence-electron chi connectivity index (χ1n) is 3.21. The van der Waals surface area contributed by atoms with Gasteiger partial charge in [0.1, 0.15) is 5.49 Å². The zero-order valence-corrected chi connectivity index (χ0v) is 7.87. The van der Waals surface area contributed by atoms with Crippen LogP contribution in [-0.4, -0.2) is 4.57 Å². The number of rotatable bonds is 1. The summed E-state index contributed by atoms with van der Waals surface area (Å²) in [5, 5.41) is 0. The number of nitrogens with zero attached hydrogens (tertiary/aromatic N) is 2. The van der Waals surface area contributed by atoms with Gasteiger partial charge in [-0.1, -0.05) is 6.58 Å². The highest BCUT2D eigenvalue weighted by atomic mass is 79.9. The van der Waals surface area contributed by atoms with Gasteiger partial charge in [0, 0.05) is 23.9 Å². The van der Waals surface area contributed by atoms with E-state index in [1.54, 1.807) is 0 Å². The molecule has 0 aliphatic heterocycles. The third-order valence-corrected chi connectivity index (χ3v) is 1.76. The maximum atomic E-state index is 4.05. The summed E-state index contributed by atoms with van der Waals surface area (Å²) in [7, 11) is 1.94. The molecule has 1 aromatic heterocycles. The average molecular weight is 213 g/mol. The fraction of sp³-hybridized carbons (Fsp3) is 0.125. The first-order valence-corrected chi connectivity index (χ1v) is 4.00. The highest BCUT2D eigenvalue weighted by Gasteiger charge is 1.86. The fourth-order valence-electron chi connectivity index (χ4n) is 0.794. The van der Waals surface area contributed by atoms with Gasteiger partial charge in [0.15, 0.2) is 0 Å². The van der Waals surface area contributed by atoms with E-state index >= 15 is 0 Å². The molecule has 1 aromatic rings. The Hall–Kier alpha value is -0.830. The number of hydrogen-bond donors (Lipinski definition) is 0. The molecule has 58 valence electrons. The molecule has 0 fully saturated rings. The molecule has 0 bridgehead atoms. The number of aromatic nitrogens is 1. The smallest absolute Gasteiger partial charge is 0.132 e. The monoisotopic (exact) mass is 212 g/mol. The molecule has 0 aliphatic rings. The van der Waals surface area contributed by atoms with Gasteiger partial charge in [0.05, 0.1) is 0 Å². The van der Waals surface area contributed by atoms with Gasteiger partial charge in [-0.05, 0) is 28.1 Å². The average Bonchev–Trinajstić information content (AvgIpc) is 1.95. The Kier molecular flexibility index (Phi) is 2.65. The molecule has 0 saturated heterocycles. The van der Waals surface area contributed by atoms with E-state index in [1.807, 2.05) is 29.9 Å². The fourth-order valence-corrected chi connectivity index (χ4v) is 1.23. The number of halogens is 1. The number of hydrogen-bond acceptors (Lipinski definition) is 1. The molecule has 0 spiro atoms. The topological polar surface area (TPSA) is 17.3 Å². The van der Waals surface area contributed by atoms with Crippen LogP contribution in [-0.2, 0) is 7.05 Å². The van der Waals surface area contributed by atoms with Crippen LogP contribution in [0, 0.1) is 0 Å². The van der Waals surface area contributed by atoms with Gasteiger partial charge in [0.25, 0.3) is 0 Å². The van der Waals surface area contributed by atoms with Crippen molar-refractivity contribution in [1.82, 2.24) is 4.57 Å². The van der Waals surface area contributed by atoms with E-state index in [0.717, 1.165) is 9.96 Å². The summed E-state index contributed by atoms with van der Waals surface area (Å²) in [5.74, 6) is 0. The van der Waals surface area contributed by atoms with E-state index in [2.05, 4.69) is 27.5 Å². The van der Waals surface area contributed by atoms with Gasteiger partial charge in [-0.3, -0.25) is 0 Å². The second-order valence-electron chi connectivity index (χ2n) is 2.13. The largest absolute Gasteiger partial charge is 0.335 e. The highest BCUT2D eigenvalue weighted by Crippen LogP contribution is 2.03. The number of pyridine rings is 1. The molecule has 0 radical (unpaired) electrons. The Balaban J connectivity index is 3.30. The molecule has 3 heteroatoms. The Bertz CT molecular complexity index is 325. The van der Waals surface area contributed by atoms with Crippen LogP contribution in [0.15, 0.2) is 40.6 Å². The van der Waals surface area contributed by atoms with E-state index in [4.69, 9.17) is 0 Å². The van der Waals surface area contributed by atoms with Crippen LogP contribution >= 0.6 is 15.9 Å². The minimum absolute atomic E-state index is 0.892. The molecule has 0 atom stereocenters. The third-order valence-electron chi connectivity index (χ3n) is 1.29. The Morgan fingerprint density at radius 1 is 1.64 bits per heavy atom. The van der Waals surface area contributed by atoms with Crippen LogP contribution in [0.4, 0.5) is 0 Å². The van der Waals surface area contributed by atoms with Gasteiger partial charge in [-0.25, -0.2) is 4.99 Å². The summed E-state index contributed by atoms with van der Waals surface area (Å²) in [4.78, 5) is 4.05. The SMILES string of the molecule is C=CN=c1ccc(Br)cn1C. The maximum Gasteiger partial charge on any atom is 0.132 e. The summed E-state index contributed by atoms with van der Waals surface area (Å²) in [6.07, 6.45) is 3.48. The number of aryl methyl sites for hydroxylation is 1. The van der Waals surface area contributed by atoms with E-state index in [1.165, 1.54) is 6.20 Å². The Labute approximate surface area is 74.0 Å². The van der Waals surface area contributed by atoms with Crippen molar-refractivity contribution in [2.45, 2.75) is 0 Å². The molecule has 0 aliphatic carbocycles. The van der Waals surface area contributed by atoms with Gasteiger partial charge >= 0.3 is 0 Å². The highest BCUT2D eigenvalue weighted by molar-refractivity contribution is 9.10. The summed E-state index contributed by atoms with van der Waals surface area (Å²) < 4.78 is 2.97. The van der Waals surface area contributed by atoms with Crippen molar-refractivity contribution in [1.29, 1.82) is 0 Å². The standard InChI is InChI=1S/C8H9BrN2/c1-3-10-8-5-4-7(9)6-11(8)2/h3-6H,1H2,2H3. The van der Waals surface area contributed by atoms with E-state index in [-0.39, 0.29) is 0 Å². The lowest BCUT2D eigenvalue weighted by Crippen LogP contribution is -2.15. The first kappa shape index (κ1) is 8.27. The van der Waals surface area contributed by atoms with Gasteiger partial charge < -0.3 is 4.57 Å². The Morgan fingerprint density at radius 2 is 2.36 bits per heavy atom. The summed E-state index contributed by atoms with van der Waals surface area (Å²) in [6, 6.07) is 3.87. The lowest BCUT2D eigenvalue weighted by atomic mass is 10.5. The maximum absolute atomic E-state index is 4.05. The lowest BCUT2D eigenvalue weighted by Gasteiger charge is -1.98. The molecule has 0 saturated carbocycles. The molecule has 1 rings (SSSR count). The molecular weight excluding hydrogens is 204 g/mol. The van der Waals surface area contributed by atoms with Crippen LogP contribution in [0.1, 0.15) is 0 Å². The lowest BCUT2D eigenvalue weighted by molar-refractivity contribution is 0.830. The molecule has 0 N–H and O–H groups in total. The molecule has 2 nitrogen and oxygen atoms in total. The predicted octanol–water partition coefficient (Wildman–Crippen LogP) is 1.83. The van der Waals surface area contributed by atoms with Gasteiger partial charge in [-0.15, -0.1) is 0 Å². The molecule has 1 heterocycles. The molecule has 0 unspecified atom stereocenters. The normalized spacial score (nSPS) is 11.6. The van der Waals surface area contributed by atoms with E-state index < -0.39 is 0 Å². The van der Waals surface area contributed by atoms with Crippen molar-refractivity contribution >= 4 is 15.9 Å². The minimum Gasteiger partial charge on any atom is -0.335 e. The van der Waals surface area contributed by atoms with Crippen molar-refractivity contribution in [2.75, 3.05) is 0 Å². The second-order valence-corrected chi connectivity index (χ2v) is 3.04. The van der Waals surface area contributed by atoms with Crippen LogP contribution in [0.25, 0.3) is 0 Å². The molecule has 11 heavy (non-hydrogen) atoms. The van der Waals surface area contributed by atoms with Crippen molar-refractivity contribution in [2.24, 2.45) is 12.0 Å². The first-order chi connectivity index (χ1) is 5.24. The molecular formula is C8H9BrN2. The predicted molar refractivity (Wildman–Crippen MR) is 48.9 cm³/mol. The Morgan fingerprint density at radius 3 is 2.91 bits per heavy atom. The summed E-state index contributed by atoms with van der Waals surface area (Å²) >= 11 is 3.36. The van der Waals surface area contributed by atoms with Gasteiger partial charge in [-0.2, -0.15) is 0 Å². The quantitative estimate of drug-likeness (QED) is 0.677. The summed E-state index contributed by atoms with van der Waals surface area (Å²) in [6.45, 7) is 3.53. The molecule has 0 amide bonds. The van der Waals surface area contributed by atoms with Crippen LogP contribution in [0.5, 0.6) is 0 Å². The second kappa shape index (κ2) is 3.53. The zero-order chi connectivity index (χ0) is 8.27. The van der Waals surface area contributed by atoms with E-state index in [9.17, 15) is 0 Å². The van der Waals surface area contributed by atoms with Crippen molar-refractivity contribution in [3.05, 3.63) is 41.1 Å². The van der Waals surface area contributed by atoms with Crippen molar-refractivity contribution < 1.29 is 0 Å². The van der Waals surface area contributed by atoms with Gasteiger partial charge in [0.2, 0.25) is 0 Å². The summed E-state index contributed by atoms with van der Waals surface area (Å²) in [5.41, 5.74) is 0.892. The van der Waals surface area contributed by atoms with Crippen LogP contribution in [0.2, 0.25) is 0 Å². The van der Waals surface area contributed by atoms with Crippen molar-refractivity contribution in [3.8, 4) is 0 Å². The van der Waals surface area contributed by atoms with Crippen molar-refractivity contribution in [3.63, 3.8) is 0 Å². The van der Waals surface area contributed by atoms with E-state index in [0.29, 0.717) is 0 Å². The van der Waals surface area contributed by atoms with Crippen LogP contribution in [0.3, 0.4) is 0 Å². The molecule has 0 aromatic carbocycles. The van der Waals surface area contributed by atoms with Crippen LogP contribution < -0.4 is 5.49 Å². The zero-order valence-electron chi connectivity index (χ0n) is 6.29. The minimum atomic E-state index is 0.892.